The van der Waals surface area contributed by atoms with Crippen molar-refractivity contribution in [2.45, 2.75) is 231 Å². The smallest absolute Gasteiger partial charge is 0.390 e. The molecule has 0 aromatic heterocycles. The van der Waals surface area contributed by atoms with Crippen molar-refractivity contribution in [1.82, 2.24) is 5.32 Å². The van der Waals surface area contributed by atoms with Crippen LogP contribution in [0.2, 0.25) is 0 Å². The van der Waals surface area contributed by atoms with Crippen molar-refractivity contribution in [3.63, 3.8) is 0 Å². The molecule has 0 spiro atoms. The topological polar surface area (TPSA) is 146 Å². The fraction of sp³-hybridized carbons (Fsp3) is 0.977. The number of rotatable bonds is 41. The third-order valence-corrected chi connectivity index (χ3v) is 11.7. The molecule has 0 radical (unpaired) electrons. The average molecular weight is 808 g/mol. The van der Waals surface area contributed by atoms with E-state index in [9.17, 15) is 29.6 Å². The molecule has 0 aromatic carbocycles. The van der Waals surface area contributed by atoms with Crippen LogP contribution in [0.4, 0.5) is 0 Å². The Hall–Kier alpha value is -0.580. The van der Waals surface area contributed by atoms with Gasteiger partial charge >= 0.3 is 7.82 Å². The summed E-state index contributed by atoms with van der Waals surface area (Å²) in [5.74, 6) is 0.0629. The van der Waals surface area contributed by atoms with Crippen molar-refractivity contribution in [2.75, 3.05) is 40.9 Å². The molecule has 0 aromatic rings. The Morgan fingerprint density at radius 1 is 0.600 bits per heavy atom. The molecule has 5 N–H and O–H groups in total. The highest BCUT2D eigenvalue weighted by atomic mass is 31.2. The quantitative estimate of drug-likeness (QED) is 0.0233. The zero-order valence-corrected chi connectivity index (χ0v) is 37.7. The number of hydrogen-bond acceptors (Lipinski definition) is 7. The number of nitrogens with one attached hydrogen (secondary N) is 1. The van der Waals surface area contributed by atoms with Crippen molar-refractivity contribution in [3.05, 3.63) is 0 Å². The van der Waals surface area contributed by atoms with Crippen molar-refractivity contribution < 1.29 is 43.1 Å². The van der Waals surface area contributed by atoms with Gasteiger partial charge in [-0.2, -0.15) is 0 Å². The lowest BCUT2D eigenvalue weighted by Gasteiger charge is -2.29. The molecule has 0 saturated heterocycles. The number of nitrogens with zero attached hydrogens (tertiary/aromatic N) is 1. The molecular weight excluding hydrogens is 715 g/mol. The molecule has 0 fully saturated rings. The maximum absolute atomic E-state index is 13.0. The molecule has 1 amide bonds. The lowest BCUT2D eigenvalue weighted by Crippen LogP contribution is -2.53. The van der Waals surface area contributed by atoms with Crippen molar-refractivity contribution in [3.8, 4) is 0 Å². The van der Waals surface area contributed by atoms with Crippen LogP contribution in [0.15, 0.2) is 0 Å². The van der Waals surface area contributed by atoms with Crippen molar-refractivity contribution >= 4 is 13.7 Å². The summed E-state index contributed by atoms with van der Waals surface area (Å²) in [5, 5.41) is 35.1. The normalized spacial score (nSPS) is 15.5. The number of aliphatic hydroxyl groups is 3. The zero-order valence-electron chi connectivity index (χ0n) is 36.8. The first-order valence-electron chi connectivity index (χ1n) is 23.0. The van der Waals surface area contributed by atoms with E-state index in [1.165, 1.54) is 122 Å². The van der Waals surface area contributed by atoms with E-state index in [2.05, 4.69) is 26.1 Å². The van der Waals surface area contributed by atoms with Crippen LogP contribution in [0, 0.1) is 5.92 Å². The van der Waals surface area contributed by atoms with E-state index in [4.69, 9.17) is 9.05 Å². The predicted octanol–water partition coefficient (Wildman–Crippen LogP) is 10.4. The molecule has 0 aliphatic rings. The summed E-state index contributed by atoms with van der Waals surface area (Å²) < 4.78 is 23.4. The lowest BCUT2D eigenvalue weighted by molar-refractivity contribution is -0.870. The minimum Gasteiger partial charge on any atom is -0.390 e. The molecule has 10 nitrogen and oxygen atoms in total. The summed E-state index contributed by atoms with van der Waals surface area (Å²) in [7, 11) is 1.30. The molecule has 55 heavy (non-hydrogen) atoms. The van der Waals surface area contributed by atoms with Gasteiger partial charge in [0.25, 0.3) is 0 Å². The highest BCUT2D eigenvalue weighted by molar-refractivity contribution is 7.47. The second-order valence-electron chi connectivity index (χ2n) is 17.9. The first-order chi connectivity index (χ1) is 26.2. The third kappa shape index (κ3) is 36.3. The van der Waals surface area contributed by atoms with Crippen LogP contribution < -0.4 is 5.32 Å². The zero-order chi connectivity index (χ0) is 41.2. The number of carbonyl (C=O) groups excluding carboxylic acids is 1. The Morgan fingerprint density at radius 2 is 0.982 bits per heavy atom. The van der Waals surface area contributed by atoms with Gasteiger partial charge in [-0.1, -0.05) is 194 Å². The van der Waals surface area contributed by atoms with Crippen LogP contribution in [0.5, 0.6) is 0 Å². The number of phosphoric ester groups is 1. The second-order valence-corrected chi connectivity index (χ2v) is 19.4. The highest BCUT2D eigenvalue weighted by Gasteiger charge is 2.33. The fourth-order valence-corrected chi connectivity index (χ4v) is 7.66. The number of likely N-dealkylation sites (N-methyl/N-ethyl adjacent to an activating group) is 1. The van der Waals surface area contributed by atoms with E-state index in [1.54, 1.807) is 0 Å². The molecule has 330 valence electrons. The van der Waals surface area contributed by atoms with Crippen LogP contribution in [0.25, 0.3) is 0 Å². The van der Waals surface area contributed by atoms with E-state index in [1.807, 2.05) is 21.1 Å². The van der Waals surface area contributed by atoms with E-state index in [0.717, 1.165) is 44.4 Å². The predicted molar refractivity (Wildman–Crippen MR) is 229 cm³/mol. The number of aliphatic hydroxyl groups excluding tert-OH is 3. The fourth-order valence-electron chi connectivity index (χ4n) is 6.92. The minimum atomic E-state index is -4.48. The standard InChI is InChI=1S/C44H91N2O8P/c1-7-8-9-10-11-12-13-14-15-16-17-18-19-20-21-26-29-32-35-42(48)44(50)45-40(38-54-55(51,52)53-37-36-46(4,5)6)43(49)41(47)34-31-28-25-23-22-24-27-30-33-39(2)3/h39-43,47-49H,7-38H2,1-6H3,(H-,45,50,51,52)/p+1/t40-,41+,42?,43-/m0/s1. The molecule has 0 saturated carbocycles. The Balaban J connectivity index is 4.52. The Kier molecular flexibility index (Phi) is 35.0. The molecule has 5 atom stereocenters. The van der Waals surface area contributed by atoms with Gasteiger partial charge in [0.2, 0.25) is 5.91 Å². The number of carbonyl (C=O) groups is 1. The Morgan fingerprint density at radius 3 is 1.38 bits per heavy atom. The second kappa shape index (κ2) is 35.4. The van der Waals surface area contributed by atoms with E-state index < -0.39 is 44.7 Å². The summed E-state index contributed by atoms with van der Waals surface area (Å²) in [6, 6.07) is -1.20. The van der Waals surface area contributed by atoms with Gasteiger partial charge in [0.1, 0.15) is 25.4 Å². The van der Waals surface area contributed by atoms with E-state index in [-0.39, 0.29) is 13.0 Å². The van der Waals surface area contributed by atoms with Crippen LogP contribution in [0.3, 0.4) is 0 Å². The number of unbranched alkanes of at least 4 members (excludes halogenated alkanes) is 24. The first kappa shape index (κ1) is 54.4. The summed E-state index contributed by atoms with van der Waals surface area (Å²) in [6.07, 6.45) is 29.5. The monoisotopic (exact) mass is 808 g/mol. The summed E-state index contributed by atoms with van der Waals surface area (Å²) in [4.78, 5) is 23.2. The molecule has 0 heterocycles. The summed E-state index contributed by atoms with van der Waals surface area (Å²) in [5.41, 5.74) is 0. The molecule has 0 aliphatic heterocycles. The van der Waals surface area contributed by atoms with E-state index >= 15 is 0 Å². The summed E-state index contributed by atoms with van der Waals surface area (Å²) in [6.45, 7) is 6.69. The highest BCUT2D eigenvalue weighted by Crippen LogP contribution is 2.43. The van der Waals surface area contributed by atoms with Crippen LogP contribution >= 0.6 is 7.82 Å². The van der Waals surface area contributed by atoms with Gasteiger partial charge in [-0.15, -0.1) is 0 Å². The van der Waals surface area contributed by atoms with Gasteiger partial charge in [0, 0.05) is 0 Å². The number of quaternary nitrogens is 1. The Labute approximate surface area is 339 Å². The van der Waals surface area contributed by atoms with Gasteiger partial charge < -0.3 is 30.0 Å². The molecule has 0 bridgehead atoms. The van der Waals surface area contributed by atoms with Gasteiger partial charge in [-0.25, -0.2) is 4.57 Å². The van der Waals surface area contributed by atoms with Crippen molar-refractivity contribution in [2.24, 2.45) is 5.92 Å². The number of amides is 1. The molecule has 2 unspecified atom stereocenters. The first-order valence-corrected chi connectivity index (χ1v) is 24.4. The lowest BCUT2D eigenvalue weighted by atomic mass is 9.99. The van der Waals surface area contributed by atoms with Gasteiger partial charge in [0.05, 0.1) is 39.9 Å². The molecular formula is C44H92N2O8P+. The van der Waals surface area contributed by atoms with Crippen LogP contribution in [-0.4, -0.2) is 95.9 Å². The van der Waals surface area contributed by atoms with Crippen LogP contribution in [0.1, 0.15) is 207 Å². The minimum absolute atomic E-state index is 0.0183. The number of phosphoric acid groups is 1. The average Bonchev–Trinajstić information content (AvgIpc) is 3.12. The SMILES string of the molecule is CCCCCCCCCCCCCCCCCCCCC(O)C(=O)N[C@@H](COP(=O)(O)OCC[N+](C)(C)C)[C@H](O)[C@H](O)CCCCCCCCCCC(C)C. The maximum Gasteiger partial charge on any atom is 0.472 e. The van der Waals surface area contributed by atoms with Crippen molar-refractivity contribution in [1.29, 1.82) is 0 Å². The molecule has 11 heteroatoms. The Bertz CT molecular complexity index is 919. The third-order valence-electron chi connectivity index (χ3n) is 10.7. The maximum atomic E-state index is 13.0. The van der Waals surface area contributed by atoms with Gasteiger partial charge in [0.15, 0.2) is 0 Å². The van der Waals surface area contributed by atoms with Gasteiger partial charge in [-0.05, 0) is 18.8 Å². The number of hydrogen-bond donors (Lipinski definition) is 5. The van der Waals surface area contributed by atoms with Crippen LogP contribution in [-0.2, 0) is 18.4 Å². The largest absolute Gasteiger partial charge is 0.472 e. The summed E-state index contributed by atoms with van der Waals surface area (Å²) >= 11 is 0. The molecule has 0 aliphatic carbocycles. The van der Waals surface area contributed by atoms with Gasteiger partial charge in [-0.3, -0.25) is 13.8 Å². The molecule has 0 rings (SSSR count). The van der Waals surface area contributed by atoms with E-state index in [0.29, 0.717) is 30.3 Å².